The zero-order valence-electron chi connectivity index (χ0n) is 21.4. The van der Waals surface area contributed by atoms with E-state index in [0.717, 1.165) is 23.5 Å². The van der Waals surface area contributed by atoms with Crippen LogP contribution in [0.4, 0.5) is 11.4 Å². The number of carbonyl (C=O) groups is 4. The van der Waals surface area contributed by atoms with E-state index in [1.165, 1.54) is 21.9 Å². The Hall–Kier alpha value is -1.90. The van der Waals surface area contributed by atoms with Crippen LogP contribution in [-0.4, -0.2) is 55.2 Å². The van der Waals surface area contributed by atoms with Gasteiger partial charge in [-0.1, -0.05) is 94.4 Å². The summed E-state index contributed by atoms with van der Waals surface area (Å²) in [7, 11) is 0. The first-order valence-electron chi connectivity index (χ1n) is 12.3. The fourth-order valence-electron chi connectivity index (χ4n) is 3.86. The van der Waals surface area contributed by atoms with E-state index < -0.39 is 11.8 Å². The summed E-state index contributed by atoms with van der Waals surface area (Å²) in [5.41, 5.74) is 0.871. The van der Waals surface area contributed by atoms with E-state index in [9.17, 15) is 19.2 Å². The van der Waals surface area contributed by atoms with Gasteiger partial charge >= 0.3 is 0 Å². The molecule has 0 unspecified atom stereocenters. The summed E-state index contributed by atoms with van der Waals surface area (Å²) in [6, 6.07) is 9.48. The van der Waals surface area contributed by atoms with Crippen molar-refractivity contribution in [3.05, 3.63) is 66.3 Å². The number of halogens is 4. The third kappa shape index (κ3) is 8.17. The minimum atomic E-state index is -0.411. The van der Waals surface area contributed by atoms with Crippen molar-refractivity contribution in [3.8, 4) is 0 Å². The molecule has 2 fully saturated rings. The molecular formula is C26H20Cl4N4O4S4. The molecule has 2 heterocycles. The minimum absolute atomic E-state index is 0.116. The second-order valence-corrected chi connectivity index (χ2v) is 13.8. The normalized spacial score (nSPS) is 17.0. The second-order valence-electron chi connectivity index (χ2n) is 8.86. The summed E-state index contributed by atoms with van der Waals surface area (Å²) >= 11 is 36.8. The third-order valence-corrected chi connectivity index (χ3v) is 10.0. The van der Waals surface area contributed by atoms with Gasteiger partial charge in [-0.3, -0.25) is 29.0 Å². The summed E-state index contributed by atoms with van der Waals surface area (Å²) in [5.74, 6) is -1.39. The van der Waals surface area contributed by atoms with Crippen molar-refractivity contribution in [2.45, 2.75) is 25.7 Å². The van der Waals surface area contributed by atoms with Crippen molar-refractivity contribution in [1.82, 2.24) is 9.80 Å². The maximum Gasteiger partial charge on any atom is 0.267 e. The number of carbonyl (C=O) groups excluding carboxylic acids is 4. The monoisotopic (exact) mass is 720 g/mol. The van der Waals surface area contributed by atoms with Gasteiger partial charge in [-0.25, -0.2) is 0 Å². The highest BCUT2D eigenvalue weighted by Crippen LogP contribution is 2.42. The molecule has 0 bridgehead atoms. The number of benzene rings is 2. The van der Waals surface area contributed by atoms with Crippen LogP contribution in [0.15, 0.2) is 46.2 Å². The van der Waals surface area contributed by atoms with E-state index in [2.05, 4.69) is 10.6 Å². The average Bonchev–Trinajstić information content (AvgIpc) is 3.36. The number of nitrogens with one attached hydrogen (secondary N) is 2. The largest absolute Gasteiger partial charge is 0.325 e. The molecule has 42 heavy (non-hydrogen) atoms. The molecule has 0 aromatic heterocycles. The molecule has 8 nitrogen and oxygen atoms in total. The van der Waals surface area contributed by atoms with Gasteiger partial charge in [0.25, 0.3) is 11.8 Å². The van der Waals surface area contributed by atoms with E-state index in [1.807, 2.05) is 0 Å². The molecule has 2 aromatic rings. The fourth-order valence-corrected chi connectivity index (χ4v) is 7.54. The van der Waals surface area contributed by atoms with Crippen LogP contribution in [0.3, 0.4) is 0 Å². The number of anilines is 2. The van der Waals surface area contributed by atoms with Gasteiger partial charge in [0.15, 0.2) is 0 Å². The first-order valence-corrected chi connectivity index (χ1v) is 16.2. The van der Waals surface area contributed by atoms with Crippen molar-refractivity contribution < 1.29 is 19.2 Å². The van der Waals surface area contributed by atoms with E-state index in [0.29, 0.717) is 52.9 Å². The van der Waals surface area contributed by atoms with Gasteiger partial charge in [0.2, 0.25) is 11.8 Å². The number of hydrogen-bond acceptors (Lipinski definition) is 8. The first kappa shape index (κ1) is 33.0. The standard InChI is InChI=1S/C26H20Cl4N4O4S4/c27-13-5-7-17(15(29)11-13)31-19(35)3-1-9-33-23(37)21(41-25(33)39)22-24(38)34(26(40)42-22)10-2-4-20(36)32-18-8-6-14(28)12-16(18)30/h5-8,11-12H,1-4,9-10H2,(H,31,35)(H,32,36). The number of thiocarbonyl (C=S) groups is 2. The highest BCUT2D eigenvalue weighted by Gasteiger charge is 2.41. The topological polar surface area (TPSA) is 98.8 Å². The molecule has 0 atom stereocenters. The van der Waals surface area contributed by atoms with E-state index in [-0.39, 0.29) is 47.6 Å². The lowest BCUT2D eigenvalue weighted by Gasteiger charge is -2.15. The van der Waals surface area contributed by atoms with Crippen LogP contribution in [0.2, 0.25) is 20.1 Å². The Balaban J connectivity index is 1.28. The minimum Gasteiger partial charge on any atom is -0.325 e. The van der Waals surface area contributed by atoms with Gasteiger partial charge < -0.3 is 10.6 Å². The molecule has 2 aliphatic rings. The van der Waals surface area contributed by atoms with Crippen LogP contribution in [0.1, 0.15) is 25.7 Å². The lowest BCUT2D eigenvalue weighted by atomic mass is 10.2. The van der Waals surface area contributed by atoms with Gasteiger partial charge in [-0.2, -0.15) is 0 Å². The number of nitrogens with zero attached hydrogens (tertiary/aromatic N) is 2. The predicted molar refractivity (Wildman–Crippen MR) is 179 cm³/mol. The summed E-state index contributed by atoms with van der Waals surface area (Å²) in [5, 5.41) is 6.96. The quantitative estimate of drug-likeness (QED) is 0.194. The van der Waals surface area contributed by atoms with Gasteiger partial charge in [-0.15, -0.1) is 0 Å². The third-order valence-electron chi connectivity index (χ3n) is 5.89. The van der Waals surface area contributed by atoms with Gasteiger partial charge in [-0.05, 0) is 49.2 Å². The van der Waals surface area contributed by atoms with Gasteiger partial charge in [0.05, 0.1) is 31.2 Å². The molecule has 0 saturated carbocycles. The molecule has 220 valence electrons. The predicted octanol–water partition coefficient (Wildman–Crippen LogP) is 7.37. The Morgan fingerprint density at radius 2 is 1.07 bits per heavy atom. The van der Waals surface area contributed by atoms with Crippen LogP contribution >= 0.6 is 94.4 Å². The Labute approximate surface area is 280 Å². The zero-order chi connectivity index (χ0) is 30.6. The maximum atomic E-state index is 13.2. The summed E-state index contributed by atoms with van der Waals surface area (Å²) in [4.78, 5) is 54.2. The zero-order valence-corrected chi connectivity index (χ0v) is 27.7. The highest BCUT2D eigenvalue weighted by atomic mass is 35.5. The molecule has 2 saturated heterocycles. The summed E-state index contributed by atoms with van der Waals surface area (Å²) in [6.07, 6.45) is 0.901. The molecule has 0 aliphatic carbocycles. The second kappa shape index (κ2) is 14.7. The summed E-state index contributed by atoms with van der Waals surface area (Å²) < 4.78 is 0.581. The van der Waals surface area contributed by atoms with Crippen molar-refractivity contribution in [1.29, 1.82) is 0 Å². The molecule has 2 aliphatic heterocycles. The van der Waals surface area contributed by atoms with E-state index in [1.54, 1.807) is 24.3 Å². The molecule has 16 heteroatoms. The number of hydrogen-bond donors (Lipinski definition) is 2. The van der Waals surface area contributed by atoms with Crippen molar-refractivity contribution in [3.63, 3.8) is 0 Å². The van der Waals surface area contributed by atoms with Crippen molar-refractivity contribution >= 4 is 138 Å². The molecule has 0 radical (unpaired) electrons. The summed E-state index contributed by atoms with van der Waals surface area (Å²) in [6.45, 7) is 0.395. The Kier molecular flexibility index (Phi) is 11.6. The van der Waals surface area contributed by atoms with Crippen LogP contribution in [-0.2, 0) is 19.2 Å². The Morgan fingerprint density at radius 3 is 1.43 bits per heavy atom. The van der Waals surface area contributed by atoms with Crippen LogP contribution in [0.5, 0.6) is 0 Å². The molecule has 2 aromatic carbocycles. The molecule has 0 spiro atoms. The SMILES string of the molecule is O=C(CCCN1C(=O)C(=C2SC(=S)N(CCCC(=O)Nc3ccc(Cl)cc3Cl)C2=O)SC1=S)Nc1ccc(Cl)cc1Cl. The maximum absolute atomic E-state index is 13.2. The lowest BCUT2D eigenvalue weighted by Crippen LogP contribution is -2.31. The fraction of sp³-hybridized carbons (Fsp3) is 0.231. The van der Waals surface area contributed by atoms with Crippen LogP contribution in [0.25, 0.3) is 0 Å². The first-order chi connectivity index (χ1) is 19.9. The average molecular weight is 723 g/mol. The number of thioether (sulfide) groups is 2. The number of rotatable bonds is 10. The molecule has 4 rings (SSSR count). The lowest BCUT2D eigenvalue weighted by molar-refractivity contribution is -0.124. The van der Waals surface area contributed by atoms with Gasteiger partial charge in [0, 0.05) is 36.0 Å². The van der Waals surface area contributed by atoms with Crippen LogP contribution in [0, 0.1) is 0 Å². The molecule has 2 N–H and O–H groups in total. The Bertz CT molecular complexity index is 1430. The van der Waals surface area contributed by atoms with Crippen molar-refractivity contribution in [2.75, 3.05) is 23.7 Å². The van der Waals surface area contributed by atoms with Gasteiger partial charge in [0.1, 0.15) is 8.64 Å². The van der Waals surface area contributed by atoms with E-state index in [4.69, 9.17) is 70.8 Å². The molecular weight excluding hydrogens is 702 g/mol. The molecule has 4 amide bonds. The Morgan fingerprint density at radius 1 is 0.690 bits per heavy atom. The highest BCUT2D eigenvalue weighted by molar-refractivity contribution is 8.29. The smallest absolute Gasteiger partial charge is 0.267 e. The van der Waals surface area contributed by atoms with Crippen LogP contribution < -0.4 is 10.6 Å². The number of amides is 4. The van der Waals surface area contributed by atoms with E-state index >= 15 is 0 Å². The van der Waals surface area contributed by atoms with Crippen molar-refractivity contribution in [2.24, 2.45) is 0 Å².